The van der Waals surface area contributed by atoms with Crippen molar-refractivity contribution in [3.05, 3.63) is 218 Å². The minimum absolute atomic E-state index is 0.582. The lowest BCUT2D eigenvalue weighted by Crippen LogP contribution is -2.00. The Balaban J connectivity index is 1.12. The average molecular weight is 793 g/mol. The molecule has 3 aromatic heterocycles. The van der Waals surface area contributed by atoms with Gasteiger partial charge in [-0.25, -0.2) is 15.0 Å². The van der Waals surface area contributed by atoms with Crippen LogP contribution in [0, 0.1) is 0 Å². The summed E-state index contributed by atoms with van der Waals surface area (Å²) in [5, 5.41) is 4.36. The maximum atomic E-state index is 6.97. The molecule has 0 fully saturated rings. The summed E-state index contributed by atoms with van der Waals surface area (Å²) in [6.07, 6.45) is 0. The van der Waals surface area contributed by atoms with Crippen LogP contribution in [0.5, 0.6) is 0 Å². The molecule has 0 bridgehead atoms. The molecule has 0 unspecified atom stereocenters. The molecule has 290 valence electrons. The number of aromatic nitrogens is 4. The molecule has 0 aliphatic heterocycles. The second kappa shape index (κ2) is 14.7. The maximum Gasteiger partial charge on any atom is 0.164 e. The fourth-order valence-corrected chi connectivity index (χ4v) is 8.87. The van der Waals surface area contributed by atoms with E-state index in [1.807, 2.05) is 42.5 Å². The van der Waals surface area contributed by atoms with E-state index in [0.717, 1.165) is 83.0 Å². The third-order valence-corrected chi connectivity index (χ3v) is 11.9. The zero-order valence-corrected chi connectivity index (χ0v) is 33.5. The summed E-state index contributed by atoms with van der Waals surface area (Å²) in [5.41, 5.74) is 14.3. The fourth-order valence-electron chi connectivity index (χ4n) is 8.87. The number of nitrogens with zero attached hydrogens (tertiary/aromatic N) is 4. The number of hydrogen-bond donors (Lipinski definition) is 0. The topological polar surface area (TPSA) is 56.7 Å². The van der Waals surface area contributed by atoms with Crippen molar-refractivity contribution < 1.29 is 4.42 Å². The molecule has 5 nitrogen and oxygen atoms in total. The predicted molar refractivity (Wildman–Crippen MR) is 254 cm³/mol. The Bertz CT molecular complexity index is 3580. The van der Waals surface area contributed by atoms with E-state index in [4.69, 9.17) is 19.4 Å². The summed E-state index contributed by atoms with van der Waals surface area (Å²) in [5.74, 6) is 1.80. The second-order valence-corrected chi connectivity index (χ2v) is 15.6. The smallest absolute Gasteiger partial charge is 0.164 e. The van der Waals surface area contributed by atoms with Crippen LogP contribution >= 0.6 is 0 Å². The van der Waals surface area contributed by atoms with Gasteiger partial charge in [0.15, 0.2) is 17.5 Å². The van der Waals surface area contributed by atoms with Crippen molar-refractivity contribution >= 4 is 43.7 Å². The van der Waals surface area contributed by atoms with Crippen molar-refractivity contribution in [3.63, 3.8) is 0 Å². The normalized spacial score (nSPS) is 11.5. The van der Waals surface area contributed by atoms with Gasteiger partial charge in [0, 0.05) is 44.1 Å². The predicted octanol–water partition coefficient (Wildman–Crippen LogP) is 14.9. The van der Waals surface area contributed by atoms with Gasteiger partial charge >= 0.3 is 0 Å². The van der Waals surface area contributed by atoms with E-state index >= 15 is 0 Å². The molecular formula is C57H36N4O. The van der Waals surface area contributed by atoms with E-state index in [9.17, 15) is 0 Å². The van der Waals surface area contributed by atoms with Gasteiger partial charge in [-0.15, -0.1) is 0 Å². The van der Waals surface area contributed by atoms with Crippen molar-refractivity contribution in [1.29, 1.82) is 0 Å². The molecule has 0 saturated heterocycles. The highest BCUT2D eigenvalue weighted by molar-refractivity contribution is 6.26. The van der Waals surface area contributed by atoms with E-state index in [2.05, 4.69) is 180 Å². The number of fused-ring (bicyclic) bond motifs is 7. The van der Waals surface area contributed by atoms with E-state index in [0.29, 0.717) is 17.5 Å². The molecule has 3 heterocycles. The molecule has 0 aliphatic carbocycles. The lowest BCUT2D eigenvalue weighted by Gasteiger charge is -2.12. The van der Waals surface area contributed by atoms with Gasteiger partial charge in [-0.05, 0) is 70.3 Å². The van der Waals surface area contributed by atoms with Crippen LogP contribution in [0.25, 0.3) is 117 Å². The molecule has 0 saturated carbocycles. The summed E-state index contributed by atoms with van der Waals surface area (Å²) in [7, 11) is 0. The van der Waals surface area contributed by atoms with Gasteiger partial charge in [0.1, 0.15) is 11.2 Å². The van der Waals surface area contributed by atoms with Crippen LogP contribution in [0.4, 0.5) is 0 Å². The number of hydrogen-bond acceptors (Lipinski definition) is 4. The first-order chi connectivity index (χ1) is 30.7. The van der Waals surface area contributed by atoms with E-state index in [1.165, 1.54) is 16.5 Å². The van der Waals surface area contributed by atoms with E-state index < -0.39 is 0 Å². The van der Waals surface area contributed by atoms with Crippen LogP contribution in [0.2, 0.25) is 0 Å². The van der Waals surface area contributed by atoms with Crippen molar-refractivity contribution in [2.24, 2.45) is 0 Å². The van der Waals surface area contributed by atoms with Gasteiger partial charge < -0.3 is 8.98 Å². The van der Waals surface area contributed by atoms with Gasteiger partial charge in [0.2, 0.25) is 0 Å². The third kappa shape index (κ3) is 6.06. The first-order valence-corrected chi connectivity index (χ1v) is 20.8. The highest BCUT2D eigenvalue weighted by Gasteiger charge is 2.23. The molecule has 0 spiro atoms. The van der Waals surface area contributed by atoms with Crippen molar-refractivity contribution in [1.82, 2.24) is 19.5 Å². The lowest BCUT2D eigenvalue weighted by molar-refractivity contribution is 0.670. The van der Waals surface area contributed by atoms with Gasteiger partial charge in [0.25, 0.3) is 0 Å². The third-order valence-electron chi connectivity index (χ3n) is 11.9. The standard InChI is InChI=1S/C57H36N4O/c1-5-15-37(16-6-1)39-25-27-43(28-26-39)56-58-55(42-21-11-4-12-22-42)59-57(60-56)44-35-48(41-19-9-3-10-20-41)54-49(36-44)52-51(62-54)34-33-47-46-23-13-14-24-50(46)61(53(47)52)45-31-29-40(30-32-45)38-17-7-2-8-18-38/h1-36H. The van der Waals surface area contributed by atoms with Gasteiger partial charge in [-0.1, -0.05) is 176 Å². The fraction of sp³-hybridized carbons (Fsp3) is 0. The minimum atomic E-state index is 0.582. The van der Waals surface area contributed by atoms with Crippen molar-refractivity contribution in [2.75, 3.05) is 0 Å². The SMILES string of the molecule is c1ccc(-c2ccc(-c3nc(-c4ccccc4)nc(-c4cc(-c5ccccc5)c5oc6ccc7c8ccccc8n(-c8ccc(-c9ccccc9)cc8)c7c6c5c4)n3)cc2)cc1. The Morgan fingerprint density at radius 1 is 0.339 bits per heavy atom. The maximum absolute atomic E-state index is 6.97. The molecule has 0 aliphatic rings. The number of furan rings is 1. The quantitative estimate of drug-likeness (QED) is 0.161. The molecule has 0 atom stereocenters. The summed E-state index contributed by atoms with van der Waals surface area (Å²) in [6.45, 7) is 0. The largest absolute Gasteiger partial charge is 0.455 e. The van der Waals surface area contributed by atoms with E-state index in [-0.39, 0.29) is 0 Å². The number of rotatable bonds is 7. The van der Waals surface area contributed by atoms with Crippen molar-refractivity contribution in [2.45, 2.75) is 0 Å². The van der Waals surface area contributed by atoms with Crippen LogP contribution in [-0.2, 0) is 0 Å². The average Bonchev–Trinajstić information content (AvgIpc) is 3.91. The Labute approximate surface area is 357 Å². The summed E-state index contributed by atoms with van der Waals surface area (Å²) in [4.78, 5) is 15.5. The van der Waals surface area contributed by atoms with Gasteiger partial charge in [-0.3, -0.25) is 0 Å². The number of para-hydroxylation sites is 1. The van der Waals surface area contributed by atoms with Gasteiger partial charge in [0.05, 0.1) is 16.4 Å². The Kier molecular flexibility index (Phi) is 8.42. The molecule has 62 heavy (non-hydrogen) atoms. The Hall–Kier alpha value is -8.41. The monoisotopic (exact) mass is 792 g/mol. The van der Waals surface area contributed by atoms with Gasteiger partial charge in [-0.2, -0.15) is 0 Å². The Morgan fingerprint density at radius 3 is 1.42 bits per heavy atom. The summed E-state index contributed by atoms with van der Waals surface area (Å²) in [6, 6.07) is 76.2. The zero-order chi connectivity index (χ0) is 41.0. The molecule has 5 heteroatoms. The molecular weight excluding hydrogens is 757 g/mol. The van der Waals surface area contributed by atoms with Crippen LogP contribution in [-0.4, -0.2) is 19.5 Å². The zero-order valence-electron chi connectivity index (χ0n) is 33.5. The second-order valence-electron chi connectivity index (χ2n) is 15.6. The Morgan fingerprint density at radius 2 is 0.806 bits per heavy atom. The van der Waals surface area contributed by atoms with Crippen molar-refractivity contribution in [3.8, 4) is 73.2 Å². The molecule has 9 aromatic carbocycles. The van der Waals surface area contributed by atoms with Crippen LogP contribution in [0.3, 0.4) is 0 Å². The first-order valence-electron chi connectivity index (χ1n) is 20.8. The highest BCUT2D eigenvalue weighted by atomic mass is 16.3. The molecule has 0 N–H and O–H groups in total. The highest BCUT2D eigenvalue weighted by Crippen LogP contribution is 2.45. The molecule has 0 amide bonds. The molecule has 12 aromatic rings. The summed E-state index contributed by atoms with van der Waals surface area (Å²) < 4.78 is 9.36. The lowest BCUT2D eigenvalue weighted by atomic mass is 9.98. The van der Waals surface area contributed by atoms with Crippen LogP contribution in [0.15, 0.2) is 223 Å². The first kappa shape index (κ1) is 35.5. The summed E-state index contributed by atoms with van der Waals surface area (Å²) >= 11 is 0. The number of benzene rings is 9. The van der Waals surface area contributed by atoms with Crippen LogP contribution in [0.1, 0.15) is 0 Å². The van der Waals surface area contributed by atoms with Crippen LogP contribution < -0.4 is 0 Å². The minimum Gasteiger partial charge on any atom is -0.455 e. The van der Waals surface area contributed by atoms with E-state index in [1.54, 1.807) is 0 Å². The molecule has 0 radical (unpaired) electrons. The molecule has 12 rings (SSSR count).